The van der Waals surface area contributed by atoms with Gasteiger partial charge < -0.3 is 15.3 Å². The van der Waals surface area contributed by atoms with Crippen LogP contribution in [0.3, 0.4) is 0 Å². The van der Waals surface area contributed by atoms with Crippen LogP contribution in [0, 0.1) is 5.92 Å². The Kier molecular flexibility index (Phi) is 4.10. The summed E-state index contributed by atoms with van der Waals surface area (Å²) in [5.41, 5.74) is 0.781. The zero-order chi connectivity index (χ0) is 14.0. The second-order valence-corrected chi connectivity index (χ2v) is 5.38. The SMILES string of the molecule is CC1CCNC1C(=O)N(C)C(C)c1ccccc1O. The van der Waals surface area contributed by atoms with Crippen molar-refractivity contribution in [3.8, 4) is 5.75 Å². The second kappa shape index (κ2) is 5.61. The van der Waals surface area contributed by atoms with Crippen molar-refractivity contribution in [2.24, 2.45) is 5.92 Å². The van der Waals surface area contributed by atoms with E-state index in [-0.39, 0.29) is 23.7 Å². The first kappa shape index (κ1) is 13.9. The summed E-state index contributed by atoms with van der Waals surface area (Å²) in [5, 5.41) is 13.1. The van der Waals surface area contributed by atoms with Gasteiger partial charge in [-0.1, -0.05) is 25.1 Å². The number of hydrogen-bond donors (Lipinski definition) is 2. The molecule has 2 rings (SSSR count). The van der Waals surface area contributed by atoms with Crippen LogP contribution in [0.5, 0.6) is 5.75 Å². The molecule has 1 aliphatic rings. The predicted molar refractivity (Wildman–Crippen MR) is 74.9 cm³/mol. The number of para-hydroxylation sites is 1. The first-order valence-electron chi connectivity index (χ1n) is 6.80. The molecule has 4 nitrogen and oxygen atoms in total. The summed E-state index contributed by atoms with van der Waals surface area (Å²) < 4.78 is 0. The van der Waals surface area contributed by atoms with E-state index in [1.807, 2.05) is 19.1 Å². The van der Waals surface area contributed by atoms with Crippen LogP contribution in [0.2, 0.25) is 0 Å². The number of rotatable bonds is 3. The lowest BCUT2D eigenvalue weighted by Gasteiger charge is -2.29. The Morgan fingerprint density at radius 3 is 2.74 bits per heavy atom. The van der Waals surface area contributed by atoms with Gasteiger partial charge in [-0.3, -0.25) is 4.79 Å². The highest BCUT2D eigenvalue weighted by Crippen LogP contribution is 2.28. The molecule has 1 fully saturated rings. The number of amides is 1. The van der Waals surface area contributed by atoms with Crippen LogP contribution >= 0.6 is 0 Å². The average molecular weight is 262 g/mol. The van der Waals surface area contributed by atoms with E-state index in [0.29, 0.717) is 5.92 Å². The number of aromatic hydroxyl groups is 1. The summed E-state index contributed by atoms with van der Waals surface area (Å²) >= 11 is 0. The van der Waals surface area contributed by atoms with E-state index in [0.717, 1.165) is 18.5 Å². The quantitative estimate of drug-likeness (QED) is 0.875. The number of nitrogens with one attached hydrogen (secondary N) is 1. The first-order valence-corrected chi connectivity index (χ1v) is 6.80. The van der Waals surface area contributed by atoms with E-state index in [4.69, 9.17) is 0 Å². The molecule has 19 heavy (non-hydrogen) atoms. The standard InChI is InChI=1S/C15H22N2O2/c1-10-8-9-16-14(10)15(19)17(3)11(2)12-6-4-5-7-13(12)18/h4-7,10-11,14,16,18H,8-9H2,1-3H3. The number of phenols is 1. The molecule has 3 atom stereocenters. The Morgan fingerprint density at radius 1 is 1.47 bits per heavy atom. The summed E-state index contributed by atoms with van der Waals surface area (Å²) in [6.07, 6.45) is 1.04. The minimum absolute atomic E-state index is 0.0979. The molecule has 1 aromatic carbocycles. The van der Waals surface area contributed by atoms with E-state index in [1.54, 1.807) is 24.1 Å². The van der Waals surface area contributed by atoms with Gasteiger partial charge in [0.1, 0.15) is 5.75 Å². The third-order valence-electron chi connectivity index (χ3n) is 4.11. The molecule has 0 aromatic heterocycles. The summed E-state index contributed by atoms with van der Waals surface area (Å²) in [6.45, 7) is 4.93. The highest BCUT2D eigenvalue weighted by molar-refractivity contribution is 5.82. The summed E-state index contributed by atoms with van der Waals surface area (Å²) in [5.74, 6) is 0.703. The van der Waals surface area contributed by atoms with E-state index >= 15 is 0 Å². The molecule has 2 N–H and O–H groups in total. The van der Waals surface area contributed by atoms with E-state index < -0.39 is 0 Å². The molecule has 1 amide bonds. The number of phenolic OH excluding ortho intramolecular Hbond substituents is 1. The molecule has 0 saturated carbocycles. The van der Waals surface area contributed by atoms with Gasteiger partial charge >= 0.3 is 0 Å². The molecule has 1 saturated heterocycles. The zero-order valence-electron chi connectivity index (χ0n) is 11.8. The van der Waals surface area contributed by atoms with Crippen LogP contribution in [0.1, 0.15) is 31.9 Å². The van der Waals surface area contributed by atoms with E-state index in [2.05, 4.69) is 12.2 Å². The fourth-order valence-electron chi connectivity index (χ4n) is 2.62. The topological polar surface area (TPSA) is 52.6 Å². The molecular weight excluding hydrogens is 240 g/mol. The fourth-order valence-corrected chi connectivity index (χ4v) is 2.62. The molecule has 0 aliphatic carbocycles. The Bertz CT molecular complexity index is 461. The number of likely N-dealkylation sites (N-methyl/N-ethyl adjacent to an activating group) is 1. The highest BCUT2D eigenvalue weighted by atomic mass is 16.3. The molecule has 1 heterocycles. The minimum Gasteiger partial charge on any atom is -0.508 e. The van der Waals surface area contributed by atoms with Crippen LogP contribution in [0.15, 0.2) is 24.3 Å². The highest BCUT2D eigenvalue weighted by Gasteiger charge is 2.33. The Labute approximate surface area is 114 Å². The molecular formula is C15H22N2O2. The summed E-state index contributed by atoms with van der Waals surface area (Å²) in [6, 6.07) is 6.94. The van der Waals surface area contributed by atoms with Gasteiger partial charge in [0.15, 0.2) is 0 Å². The third kappa shape index (κ3) is 2.73. The second-order valence-electron chi connectivity index (χ2n) is 5.38. The Morgan fingerprint density at radius 2 is 2.16 bits per heavy atom. The summed E-state index contributed by atoms with van der Waals surface area (Å²) in [4.78, 5) is 14.2. The van der Waals surface area contributed by atoms with E-state index in [9.17, 15) is 9.90 Å². The molecule has 4 heteroatoms. The Hall–Kier alpha value is -1.55. The lowest BCUT2D eigenvalue weighted by Crippen LogP contribution is -2.45. The van der Waals surface area contributed by atoms with Gasteiger partial charge in [0.2, 0.25) is 5.91 Å². The molecule has 3 unspecified atom stereocenters. The number of benzene rings is 1. The van der Waals surface area contributed by atoms with Crippen LogP contribution in [-0.2, 0) is 4.79 Å². The molecule has 0 bridgehead atoms. The number of nitrogens with zero attached hydrogens (tertiary/aromatic N) is 1. The van der Waals surface area contributed by atoms with Crippen LogP contribution in [0.4, 0.5) is 0 Å². The van der Waals surface area contributed by atoms with Crippen molar-refractivity contribution in [3.63, 3.8) is 0 Å². The molecule has 104 valence electrons. The van der Waals surface area contributed by atoms with Crippen molar-refractivity contribution in [1.29, 1.82) is 0 Å². The largest absolute Gasteiger partial charge is 0.508 e. The van der Waals surface area contributed by atoms with Crippen molar-refractivity contribution < 1.29 is 9.90 Å². The van der Waals surface area contributed by atoms with Gasteiger partial charge in [-0.15, -0.1) is 0 Å². The van der Waals surface area contributed by atoms with E-state index in [1.165, 1.54) is 0 Å². The molecule has 0 spiro atoms. The van der Waals surface area contributed by atoms with Crippen molar-refractivity contribution >= 4 is 5.91 Å². The third-order valence-corrected chi connectivity index (χ3v) is 4.11. The maximum absolute atomic E-state index is 12.5. The normalized spacial score (nSPS) is 24.2. The fraction of sp³-hybridized carbons (Fsp3) is 0.533. The van der Waals surface area contributed by atoms with Gasteiger partial charge in [0, 0.05) is 12.6 Å². The number of hydrogen-bond acceptors (Lipinski definition) is 3. The van der Waals surface area contributed by atoms with Crippen LogP contribution < -0.4 is 5.32 Å². The molecule has 0 radical (unpaired) electrons. The van der Waals surface area contributed by atoms with Crippen molar-refractivity contribution in [2.75, 3.05) is 13.6 Å². The summed E-state index contributed by atoms with van der Waals surface area (Å²) in [7, 11) is 1.80. The zero-order valence-corrected chi connectivity index (χ0v) is 11.8. The van der Waals surface area contributed by atoms with Gasteiger partial charge in [-0.2, -0.15) is 0 Å². The van der Waals surface area contributed by atoms with Gasteiger partial charge in [-0.25, -0.2) is 0 Å². The van der Waals surface area contributed by atoms with Crippen molar-refractivity contribution in [1.82, 2.24) is 10.2 Å². The smallest absolute Gasteiger partial charge is 0.240 e. The molecule has 1 aromatic rings. The van der Waals surface area contributed by atoms with Gasteiger partial charge in [0.25, 0.3) is 0 Å². The lowest BCUT2D eigenvalue weighted by atomic mass is 10.00. The minimum atomic E-state index is -0.136. The predicted octanol–water partition coefficient (Wildman–Crippen LogP) is 1.91. The van der Waals surface area contributed by atoms with Crippen LogP contribution in [0.25, 0.3) is 0 Å². The molecule has 1 aliphatic heterocycles. The Balaban J connectivity index is 2.13. The first-order chi connectivity index (χ1) is 9.02. The van der Waals surface area contributed by atoms with Crippen molar-refractivity contribution in [2.45, 2.75) is 32.4 Å². The van der Waals surface area contributed by atoms with Crippen molar-refractivity contribution in [3.05, 3.63) is 29.8 Å². The lowest BCUT2D eigenvalue weighted by molar-refractivity contribution is -0.134. The number of carbonyl (C=O) groups excluding carboxylic acids is 1. The van der Waals surface area contributed by atoms with Crippen LogP contribution in [-0.4, -0.2) is 35.5 Å². The maximum Gasteiger partial charge on any atom is 0.240 e. The van der Waals surface area contributed by atoms with Gasteiger partial charge in [-0.05, 0) is 31.9 Å². The number of carbonyl (C=O) groups is 1. The van der Waals surface area contributed by atoms with Gasteiger partial charge in [0.05, 0.1) is 12.1 Å². The average Bonchev–Trinajstić information content (AvgIpc) is 2.83. The monoisotopic (exact) mass is 262 g/mol. The maximum atomic E-state index is 12.5.